The molecule has 2 aliphatic heterocycles. The molecule has 2 fully saturated rings. The molecule has 7 heteroatoms. The number of carbonyl (C=O) groups is 3. The highest BCUT2D eigenvalue weighted by Gasteiger charge is 2.40. The molecule has 3 heterocycles. The molecule has 0 aromatic carbocycles. The van der Waals surface area contributed by atoms with Crippen molar-refractivity contribution in [3.8, 4) is 0 Å². The third kappa shape index (κ3) is 2.28. The van der Waals surface area contributed by atoms with Crippen molar-refractivity contribution in [1.82, 2.24) is 9.80 Å². The van der Waals surface area contributed by atoms with Crippen molar-refractivity contribution in [3.05, 3.63) is 22.4 Å². The molecule has 0 aliphatic carbocycles. The van der Waals surface area contributed by atoms with Crippen molar-refractivity contribution in [1.29, 1.82) is 0 Å². The summed E-state index contributed by atoms with van der Waals surface area (Å²) >= 11 is 2.53. The van der Waals surface area contributed by atoms with E-state index in [2.05, 4.69) is 0 Å². The van der Waals surface area contributed by atoms with Crippen molar-refractivity contribution in [3.63, 3.8) is 0 Å². The van der Waals surface area contributed by atoms with Crippen LogP contribution in [0.25, 0.3) is 0 Å². The normalized spacial score (nSPS) is 23.5. The molecule has 5 nitrogen and oxygen atoms in total. The van der Waals surface area contributed by atoms with E-state index < -0.39 is 0 Å². The molecule has 19 heavy (non-hydrogen) atoms. The topological polar surface area (TPSA) is 57.7 Å². The van der Waals surface area contributed by atoms with Crippen molar-refractivity contribution >= 4 is 40.2 Å². The monoisotopic (exact) mass is 296 g/mol. The number of imide groups is 1. The Bertz CT molecular complexity index is 513. The Hall–Kier alpha value is -1.34. The lowest BCUT2D eigenvalue weighted by atomic mass is 10.2. The van der Waals surface area contributed by atoms with Gasteiger partial charge in [-0.2, -0.15) is 11.3 Å². The Balaban J connectivity index is 1.69. The van der Waals surface area contributed by atoms with Gasteiger partial charge in [-0.1, -0.05) is 11.8 Å². The fourth-order valence-corrected chi connectivity index (χ4v) is 3.83. The van der Waals surface area contributed by atoms with E-state index in [-0.39, 0.29) is 28.8 Å². The van der Waals surface area contributed by atoms with Gasteiger partial charge in [-0.3, -0.25) is 19.3 Å². The summed E-state index contributed by atoms with van der Waals surface area (Å²) in [6.45, 7) is 1.05. The molecule has 1 aromatic rings. The first-order valence-electron chi connectivity index (χ1n) is 5.97. The van der Waals surface area contributed by atoms with Crippen LogP contribution in [0.5, 0.6) is 0 Å². The molecule has 0 radical (unpaired) electrons. The highest BCUT2D eigenvalue weighted by Crippen LogP contribution is 2.27. The van der Waals surface area contributed by atoms with E-state index in [1.54, 1.807) is 11.0 Å². The van der Waals surface area contributed by atoms with Crippen LogP contribution in [0.3, 0.4) is 0 Å². The minimum absolute atomic E-state index is 0.0181. The van der Waals surface area contributed by atoms with E-state index in [1.807, 2.05) is 10.8 Å². The van der Waals surface area contributed by atoms with Gasteiger partial charge in [-0.15, -0.1) is 0 Å². The highest BCUT2D eigenvalue weighted by molar-refractivity contribution is 8.14. The Morgan fingerprint density at radius 1 is 1.37 bits per heavy atom. The fourth-order valence-electron chi connectivity index (χ4n) is 2.42. The lowest BCUT2D eigenvalue weighted by Gasteiger charge is -2.21. The Labute approximate surface area is 118 Å². The van der Waals surface area contributed by atoms with Crippen LogP contribution in [-0.4, -0.2) is 51.7 Å². The van der Waals surface area contributed by atoms with Gasteiger partial charge >= 0.3 is 0 Å². The van der Waals surface area contributed by atoms with Crippen LogP contribution in [0.15, 0.2) is 16.8 Å². The molecule has 0 unspecified atom stereocenters. The van der Waals surface area contributed by atoms with E-state index >= 15 is 0 Å². The summed E-state index contributed by atoms with van der Waals surface area (Å²) < 4.78 is 0. The molecule has 1 aromatic heterocycles. The zero-order valence-corrected chi connectivity index (χ0v) is 11.7. The van der Waals surface area contributed by atoms with Gasteiger partial charge in [-0.25, -0.2) is 0 Å². The number of thiophene rings is 1. The SMILES string of the molecule is O=C(c1ccsc1)N1CC[C@@H](N2C(=O)CSC2=O)C1. The molecule has 0 spiro atoms. The van der Waals surface area contributed by atoms with Crippen LogP contribution in [0.4, 0.5) is 4.79 Å². The van der Waals surface area contributed by atoms with Gasteiger partial charge in [0.25, 0.3) is 11.1 Å². The van der Waals surface area contributed by atoms with Crippen molar-refractivity contribution in [2.45, 2.75) is 12.5 Å². The third-order valence-electron chi connectivity index (χ3n) is 3.37. The van der Waals surface area contributed by atoms with Gasteiger partial charge < -0.3 is 4.90 Å². The summed E-state index contributed by atoms with van der Waals surface area (Å²) in [6, 6.07) is 1.64. The van der Waals surface area contributed by atoms with Crippen molar-refractivity contribution in [2.24, 2.45) is 0 Å². The van der Waals surface area contributed by atoms with Gasteiger partial charge in [-0.05, 0) is 17.9 Å². The second kappa shape index (κ2) is 4.97. The van der Waals surface area contributed by atoms with E-state index in [4.69, 9.17) is 0 Å². The standard InChI is InChI=1S/C12H12N2O3S2/c15-10-7-19-12(17)14(10)9-1-3-13(5-9)11(16)8-2-4-18-6-8/h2,4,6,9H,1,3,5,7H2/t9-/m1/s1. The zero-order valence-electron chi connectivity index (χ0n) is 10.1. The van der Waals surface area contributed by atoms with Crippen LogP contribution in [-0.2, 0) is 4.79 Å². The first-order chi connectivity index (χ1) is 9.16. The number of thioether (sulfide) groups is 1. The second-order valence-corrected chi connectivity index (χ2v) is 6.23. The smallest absolute Gasteiger partial charge is 0.289 e. The highest BCUT2D eigenvalue weighted by atomic mass is 32.2. The first kappa shape index (κ1) is 12.7. The lowest BCUT2D eigenvalue weighted by molar-refractivity contribution is -0.126. The maximum atomic E-state index is 12.2. The summed E-state index contributed by atoms with van der Waals surface area (Å²) in [5, 5.41) is 3.50. The molecular weight excluding hydrogens is 284 g/mol. The molecule has 0 bridgehead atoms. The number of rotatable bonds is 2. The van der Waals surface area contributed by atoms with Crippen LogP contribution in [0.2, 0.25) is 0 Å². The number of likely N-dealkylation sites (tertiary alicyclic amines) is 1. The summed E-state index contributed by atoms with van der Waals surface area (Å²) in [7, 11) is 0. The van der Waals surface area contributed by atoms with Gasteiger partial charge in [0.1, 0.15) is 0 Å². The fraction of sp³-hybridized carbons (Fsp3) is 0.417. The van der Waals surface area contributed by atoms with Crippen LogP contribution in [0, 0.1) is 0 Å². The molecule has 3 rings (SSSR count). The number of hydrogen-bond donors (Lipinski definition) is 0. The molecule has 3 amide bonds. The molecule has 0 saturated carbocycles. The molecular formula is C12H12N2O3S2. The van der Waals surface area contributed by atoms with E-state index in [9.17, 15) is 14.4 Å². The maximum absolute atomic E-state index is 12.2. The van der Waals surface area contributed by atoms with Gasteiger partial charge in [0.15, 0.2) is 0 Å². The minimum atomic E-state index is -0.181. The van der Waals surface area contributed by atoms with Crippen LogP contribution >= 0.6 is 23.1 Å². The Morgan fingerprint density at radius 2 is 2.21 bits per heavy atom. The average Bonchev–Trinajstić information content (AvgIpc) is 3.10. The minimum Gasteiger partial charge on any atom is -0.336 e. The van der Waals surface area contributed by atoms with Gasteiger partial charge in [0.2, 0.25) is 5.91 Å². The lowest BCUT2D eigenvalue weighted by Crippen LogP contribution is -2.41. The first-order valence-corrected chi connectivity index (χ1v) is 7.90. The summed E-state index contributed by atoms with van der Waals surface area (Å²) in [6.07, 6.45) is 0.675. The summed E-state index contributed by atoms with van der Waals surface area (Å²) in [4.78, 5) is 38.5. The molecule has 100 valence electrons. The molecule has 2 saturated heterocycles. The maximum Gasteiger partial charge on any atom is 0.289 e. The number of amides is 3. The summed E-state index contributed by atoms with van der Waals surface area (Å²) in [5.41, 5.74) is 0.680. The summed E-state index contributed by atoms with van der Waals surface area (Å²) in [5.74, 6) is 0.0775. The Kier molecular flexibility index (Phi) is 3.32. The predicted molar refractivity (Wildman–Crippen MR) is 73.3 cm³/mol. The van der Waals surface area contributed by atoms with Crippen LogP contribution < -0.4 is 0 Å². The molecule has 0 N–H and O–H groups in total. The quantitative estimate of drug-likeness (QED) is 0.833. The third-order valence-corrected chi connectivity index (χ3v) is 4.89. The van der Waals surface area contributed by atoms with E-state index in [0.717, 1.165) is 11.8 Å². The van der Waals surface area contributed by atoms with Crippen molar-refractivity contribution in [2.75, 3.05) is 18.8 Å². The number of nitrogens with zero attached hydrogens (tertiary/aromatic N) is 2. The zero-order chi connectivity index (χ0) is 13.4. The predicted octanol–water partition coefficient (Wildman–Crippen LogP) is 1.66. The molecule has 1 atom stereocenters. The van der Waals surface area contributed by atoms with E-state index in [0.29, 0.717) is 25.1 Å². The number of carbonyl (C=O) groups excluding carboxylic acids is 3. The van der Waals surface area contributed by atoms with Gasteiger partial charge in [0, 0.05) is 18.5 Å². The van der Waals surface area contributed by atoms with Crippen LogP contribution in [0.1, 0.15) is 16.8 Å². The average molecular weight is 296 g/mol. The second-order valence-electron chi connectivity index (χ2n) is 4.52. The Morgan fingerprint density at radius 3 is 2.84 bits per heavy atom. The van der Waals surface area contributed by atoms with E-state index in [1.165, 1.54) is 16.2 Å². The van der Waals surface area contributed by atoms with Crippen molar-refractivity contribution < 1.29 is 14.4 Å². The largest absolute Gasteiger partial charge is 0.336 e. The molecule has 2 aliphatic rings. The number of hydrogen-bond acceptors (Lipinski definition) is 5. The van der Waals surface area contributed by atoms with Gasteiger partial charge in [0.05, 0.1) is 17.4 Å².